The first-order chi connectivity index (χ1) is 38.2. The lowest BCUT2D eigenvalue weighted by Crippen LogP contribution is -2.36. The molecule has 0 fully saturated rings. The van der Waals surface area contributed by atoms with Crippen LogP contribution in [0.3, 0.4) is 0 Å². The first-order valence-electron chi connectivity index (χ1n) is 26.7. The van der Waals surface area contributed by atoms with E-state index in [0.717, 1.165) is 22.7 Å². The van der Waals surface area contributed by atoms with E-state index in [4.69, 9.17) is 0 Å². The second-order valence-corrected chi connectivity index (χ2v) is 21.7. The molecule has 3 aliphatic rings. The van der Waals surface area contributed by atoms with E-state index in [1.807, 2.05) is 11.3 Å². The van der Waals surface area contributed by atoms with Gasteiger partial charge in [-0.3, -0.25) is 0 Å². The highest BCUT2D eigenvalue weighted by molar-refractivity contribution is 7.26. The van der Waals surface area contributed by atoms with Crippen LogP contribution in [0.25, 0.3) is 53.6 Å². The minimum Gasteiger partial charge on any atom is -0.310 e. The highest BCUT2D eigenvalue weighted by Crippen LogP contribution is 2.64. The zero-order valence-electron chi connectivity index (χ0n) is 42.0. The molecule has 0 amide bonds. The number of fused-ring (bicyclic) bond motifs is 15. The first kappa shape index (κ1) is 43.8. The normalized spacial score (nSPS) is 13.9. The van der Waals surface area contributed by atoms with Crippen molar-refractivity contribution in [1.82, 2.24) is 0 Å². The maximum absolute atomic E-state index is 2.53. The number of nitrogens with zero attached hydrogens (tertiary/aromatic N) is 2. The number of thiophene rings is 1. The average molecular weight is 997 g/mol. The van der Waals surface area contributed by atoms with E-state index in [2.05, 4.69) is 301 Å². The van der Waals surface area contributed by atoms with Gasteiger partial charge in [-0.25, -0.2) is 0 Å². The first-order valence-corrected chi connectivity index (χ1v) is 27.5. The third-order valence-corrected chi connectivity index (χ3v) is 18.1. The molecule has 0 saturated heterocycles. The van der Waals surface area contributed by atoms with Gasteiger partial charge in [0.2, 0.25) is 0 Å². The van der Waals surface area contributed by atoms with Crippen molar-refractivity contribution in [3.63, 3.8) is 0 Å². The molecule has 0 atom stereocenters. The van der Waals surface area contributed by atoms with E-state index in [1.54, 1.807) is 0 Å². The van der Waals surface area contributed by atoms with Crippen LogP contribution < -0.4 is 9.80 Å². The Labute approximate surface area is 452 Å². The van der Waals surface area contributed by atoms with Gasteiger partial charge in [-0.2, -0.15) is 0 Å². The van der Waals surface area contributed by atoms with Gasteiger partial charge in [0.05, 0.1) is 22.2 Å². The zero-order valence-corrected chi connectivity index (χ0v) is 42.8. The van der Waals surface area contributed by atoms with Crippen LogP contribution in [0.1, 0.15) is 44.5 Å². The van der Waals surface area contributed by atoms with Gasteiger partial charge in [0.1, 0.15) is 0 Å². The quantitative estimate of drug-likeness (QED) is 0.157. The Hall–Kier alpha value is -9.54. The molecule has 1 spiro atoms. The molecule has 77 heavy (non-hydrogen) atoms. The summed E-state index contributed by atoms with van der Waals surface area (Å²) in [7, 11) is 0. The highest BCUT2D eigenvalue weighted by Gasteiger charge is 2.52. The smallest absolute Gasteiger partial charge is 0.0755 e. The molecule has 12 aromatic carbocycles. The van der Waals surface area contributed by atoms with Crippen molar-refractivity contribution in [2.75, 3.05) is 9.80 Å². The highest BCUT2D eigenvalue weighted by atomic mass is 32.1. The summed E-state index contributed by atoms with van der Waals surface area (Å²) in [6, 6.07) is 109. The molecule has 1 aliphatic heterocycles. The van der Waals surface area contributed by atoms with Crippen molar-refractivity contribution >= 4 is 65.6 Å². The molecule has 0 unspecified atom stereocenters. The van der Waals surface area contributed by atoms with Crippen molar-refractivity contribution in [3.05, 3.63) is 336 Å². The monoisotopic (exact) mass is 996 g/mol. The molecule has 2 aliphatic carbocycles. The lowest BCUT2D eigenvalue weighted by molar-refractivity contribution is 0.752. The topological polar surface area (TPSA) is 6.48 Å². The van der Waals surface area contributed by atoms with Crippen LogP contribution in [0, 0.1) is 0 Å². The number of anilines is 6. The molecule has 2 heterocycles. The number of benzene rings is 12. The zero-order chi connectivity index (χ0) is 50.7. The Morgan fingerprint density at radius 1 is 0.299 bits per heavy atom. The summed E-state index contributed by atoms with van der Waals surface area (Å²) < 4.78 is 2.61. The Morgan fingerprint density at radius 3 is 1.39 bits per heavy atom. The second-order valence-electron chi connectivity index (χ2n) is 20.7. The number of rotatable bonds is 7. The summed E-state index contributed by atoms with van der Waals surface area (Å²) in [5.41, 5.74) is 23.2. The van der Waals surface area contributed by atoms with E-state index >= 15 is 0 Å². The second kappa shape index (κ2) is 17.0. The predicted molar refractivity (Wildman–Crippen MR) is 322 cm³/mol. The van der Waals surface area contributed by atoms with Gasteiger partial charge < -0.3 is 9.80 Å². The molecule has 13 aromatic rings. The van der Waals surface area contributed by atoms with E-state index in [9.17, 15) is 0 Å². The molecule has 16 rings (SSSR count). The fourth-order valence-corrected chi connectivity index (χ4v) is 15.1. The van der Waals surface area contributed by atoms with Crippen LogP contribution in [0.4, 0.5) is 34.1 Å². The summed E-state index contributed by atoms with van der Waals surface area (Å²) >= 11 is 1.88. The average Bonchev–Trinajstić information content (AvgIpc) is 4.35. The molecule has 1 aromatic heterocycles. The van der Waals surface area contributed by atoms with Crippen LogP contribution >= 0.6 is 11.3 Å². The van der Waals surface area contributed by atoms with E-state index in [1.165, 1.54) is 109 Å². The molecular formula is C74H48N2S. The summed E-state index contributed by atoms with van der Waals surface area (Å²) in [5.74, 6) is 0. The maximum Gasteiger partial charge on any atom is 0.0755 e. The number of hydrogen-bond donors (Lipinski definition) is 0. The van der Waals surface area contributed by atoms with Gasteiger partial charge in [0.15, 0.2) is 0 Å². The van der Waals surface area contributed by atoms with Crippen molar-refractivity contribution in [2.24, 2.45) is 0 Å². The van der Waals surface area contributed by atoms with Crippen molar-refractivity contribution in [3.8, 4) is 33.4 Å². The van der Waals surface area contributed by atoms with Crippen LogP contribution in [-0.2, 0) is 10.8 Å². The van der Waals surface area contributed by atoms with E-state index in [-0.39, 0.29) is 0 Å². The fraction of sp³-hybridized carbons (Fsp3) is 0.0270. The molecule has 0 saturated carbocycles. The Balaban J connectivity index is 0.973. The summed E-state index contributed by atoms with van der Waals surface area (Å²) in [4.78, 5) is 5.00. The van der Waals surface area contributed by atoms with Crippen molar-refractivity contribution < 1.29 is 0 Å². The SMILES string of the molecule is c1ccc(N2c3ccccc3C3(c4ccccc4-c4ccc(N(c5cccc(-c6cccc7c6sc6ccccc67)c5)c5ccc6c(c5)C(c5ccccc5)(c5ccccc5)c5ccccc5-6)cc43)c3ccccc32)cc1. The van der Waals surface area contributed by atoms with Crippen molar-refractivity contribution in [1.29, 1.82) is 0 Å². The fourth-order valence-electron chi connectivity index (χ4n) is 13.9. The van der Waals surface area contributed by atoms with Gasteiger partial charge >= 0.3 is 0 Å². The molecule has 3 heteroatoms. The van der Waals surface area contributed by atoms with Crippen LogP contribution in [0.2, 0.25) is 0 Å². The molecule has 2 nitrogen and oxygen atoms in total. The molecular weight excluding hydrogens is 949 g/mol. The lowest BCUT2D eigenvalue weighted by atomic mass is 9.64. The molecule has 0 N–H and O–H groups in total. The minimum atomic E-state index is -0.625. The Morgan fingerprint density at radius 2 is 0.753 bits per heavy atom. The molecule has 0 radical (unpaired) electrons. The van der Waals surface area contributed by atoms with E-state index < -0.39 is 10.8 Å². The molecule has 360 valence electrons. The third kappa shape index (κ3) is 6.18. The number of hydrogen-bond acceptors (Lipinski definition) is 3. The summed E-state index contributed by atoms with van der Waals surface area (Å²) in [5, 5.41) is 2.60. The van der Waals surface area contributed by atoms with Gasteiger partial charge in [0, 0.05) is 42.9 Å². The standard InChI is InChI=1S/C74H48N2S/c1-4-23-50(24-5-1)73(51-25-6-2-7-26-51)63-35-13-10-30-57(63)59-44-42-54(47-67(59)73)75(53-29-20-22-49(46-53)56-33-21-34-62-61-32-12-19-41-71(61)77-72(56)62)55-43-45-60-58-31-11-14-36-64(58)74(68(60)48-55)65-37-15-17-39-69(65)76(52-27-8-3-9-28-52)70-40-18-16-38-66(70)74/h1-48H. The van der Waals surface area contributed by atoms with Gasteiger partial charge in [-0.05, 0) is 145 Å². The van der Waals surface area contributed by atoms with Crippen molar-refractivity contribution in [2.45, 2.75) is 10.8 Å². The molecule has 0 bridgehead atoms. The summed E-state index contributed by atoms with van der Waals surface area (Å²) in [6.45, 7) is 0. The number of para-hydroxylation sites is 3. The maximum atomic E-state index is 2.53. The largest absolute Gasteiger partial charge is 0.310 e. The Kier molecular flexibility index (Phi) is 9.67. The van der Waals surface area contributed by atoms with Gasteiger partial charge in [0.25, 0.3) is 0 Å². The summed E-state index contributed by atoms with van der Waals surface area (Å²) in [6.07, 6.45) is 0. The third-order valence-electron chi connectivity index (χ3n) is 16.9. The predicted octanol–water partition coefficient (Wildman–Crippen LogP) is 19.7. The van der Waals surface area contributed by atoms with Crippen LogP contribution in [0.15, 0.2) is 291 Å². The van der Waals surface area contributed by atoms with Gasteiger partial charge in [-0.15, -0.1) is 11.3 Å². The van der Waals surface area contributed by atoms with E-state index in [0.29, 0.717) is 0 Å². The Bertz CT molecular complexity index is 4390. The van der Waals surface area contributed by atoms with Gasteiger partial charge in [-0.1, -0.05) is 224 Å². The minimum absolute atomic E-state index is 0.571. The van der Waals surface area contributed by atoms with Crippen LogP contribution in [-0.4, -0.2) is 0 Å². The lowest BCUT2D eigenvalue weighted by Gasteiger charge is -2.45. The van der Waals surface area contributed by atoms with Crippen LogP contribution in [0.5, 0.6) is 0 Å².